The van der Waals surface area contributed by atoms with E-state index < -0.39 is 7.82 Å². The topological polar surface area (TPSA) is 66.8 Å². The second kappa shape index (κ2) is 21.5. The second-order valence-corrected chi connectivity index (χ2v) is 7.87. The fraction of sp³-hybridized carbons (Fsp3) is 1.00. The zero-order valence-corrected chi connectivity index (χ0v) is 16.1. The SMILES string of the molecule is CCCCCCCCCCCCCCCCCCOP(=O)(O)O.[CsH]. The van der Waals surface area contributed by atoms with E-state index in [4.69, 9.17) is 9.79 Å². The van der Waals surface area contributed by atoms with Gasteiger partial charge in [0.25, 0.3) is 0 Å². The molecule has 0 aliphatic heterocycles. The molecule has 4 nitrogen and oxygen atoms in total. The molecule has 0 aromatic rings. The monoisotopic (exact) mass is 484 g/mol. The maximum absolute atomic E-state index is 10.5. The Balaban J connectivity index is 0. The van der Waals surface area contributed by atoms with Gasteiger partial charge in [-0.1, -0.05) is 103 Å². The van der Waals surface area contributed by atoms with Crippen molar-refractivity contribution in [2.24, 2.45) is 0 Å². The second-order valence-electron chi connectivity index (χ2n) is 6.63. The van der Waals surface area contributed by atoms with Crippen molar-refractivity contribution >= 4 is 76.7 Å². The van der Waals surface area contributed by atoms with E-state index in [-0.39, 0.29) is 75.5 Å². The molecule has 0 fully saturated rings. The van der Waals surface area contributed by atoms with Crippen LogP contribution >= 0.6 is 7.82 Å². The summed E-state index contributed by atoms with van der Waals surface area (Å²) >= 11 is 0. The molecule has 0 aromatic carbocycles. The predicted molar refractivity (Wildman–Crippen MR) is 105 cm³/mol. The van der Waals surface area contributed by atoms with E-state index in [0.717, 1.165) is 19.3 Å². The van der Waals surface area contributed by atoms with Gasteiger partial charge in [0.2, 0.25) is 0 Å². The first-order chi connectivity index (χ1) is 11.1. The Morgan fingerprint density at radius 1 is 0.625 bits per heavy atom. The maximum atomic E-state index is 10.5. The quantitative estimate of drug-likeness (QED) is 0.193. The number of unbranched alkanes of at least 4 members (excludes halogenated alkanes) is 15. The van der Waals surface area contributed by atoms with E-state index in [2.05, 4.69) is 11.4 Å². The molecule has 0 amide bonds. The van der Waals surface area contributed by atoms with Crippen molar-refractivity contribution in [2.45, 2.75) is 110 Å². The number of rotatable bonds is 18. The van der Waals surface area contributed by atoms with Crippen molar-refractivity contribution in [1.29, 1.82) is 0 Å². The summed E-state index contributed by atoms with van der Waals surface area (Å²) in [7, 11) is -4.26. The fourth-order valence-corrected chi connectivity index (χ4v) is 3.20. The van der Waals surface area contributed by atoms with Gasteiger partial charge in [0.15, 0.2) is 0 Å². The first-order valence-corrected chi connectivity index (χ1v) is 11.3. The molecular formula is C18H40CsO4P. The molecule has 0 heterocycles. The van der Waals surface area contributed by atoms with Crippen LogP contribution < -0.4 is 0 Å². The zero-order chi connectivity index (χ0) is 17.2. The molecule has 0 aromatic heterocycles. The van der Waals surface area contributed by atoms with Gasteiger partial charge < -0.3 is 9.79 Å². The average Bonchev–Trinajstić information content (AvgIpc) is 2.49. The van der Waals surface area contributed by atoms with Gasteiger partial charge in [0, 0.05) is 0 Å². The van der Waals surface area contributed by atoms with Crippen LogP contribution in [0.15, 0.2) is 0 Å². The molecule has 24 heavy (non-hydrogen) atoms. The Hall–Kier alpha value is 2.16. The number of phosphoric ester groups is 1. The third kappa shape index (κ3) is 26.4. The predicted octanol–water partition coefficient (Wildman–Crippen LogP) is 5.71. The molecule has 142 valence electrons. The number of hydrogen-bond donors (Lipinski definition) is 2. The molecule has 2 N–H and O–H groups in total. The first kappa shape index (κ1) is 28.4. The van der Waals surface area contributed by atoms with Gasteiger partial charge in [-0.15, -0.1) is 0 Å². The summed E-state index contributed by atoms with van der Waals surface area (Å²) < 4.78 is 14.9. The molecule has 6 heteroatoms. The normalized spacial score (nSPS) is 11.5. The van der Waals surface area contributed by atoms with E-state index in [1.807, 2.05) is 0 Å². The molecule has 0 bridgehead atoms. The third-order valence-electron chi connectivity index (χ3n) is 4.26. The van der Waals surface area contributed by atoms with Crippen molar-refractivity contribution in [1.82, 2.24) is 0 Å². The van der Waals surface area contributed by atoms with Crippen LogP contribution in [0.4, 0.5) is 0 Å². The van der Waals surface area contributed by atoms with E-state index >= 15 is 0 Å². The summed E-state index contributed by atoms with van der Waals surface area (Å²) in [5.74, 6) is 0. The van der Waals surface area contributed by atoms with E-state index in [1.165, 1.54) is 83.5 Å². The summed E-state index contributed by atoms with van der Waals surface area (Å²) in [4.78, 5) is 17.1. The summed E-state index contributed by atoms with van der Waals surface area (Å²) in [6, 6.07) is 0. The van der Waals surface area contributed by atoms with Crippen molar-refractivity contribution in [2.75, 3.05) is 6.61 Å². The molecular weight excluding hydrogens is 444 g/mol. The molecule has 0 saturated heterocycles. The average molecular weight is 484 g/mol. The number of phosphoric acid groups is 1. The van der Waals surface area contributed by atoms with Crippen LogP contribution in [-0.2, 0) is 9.09 Å². The van der Waals surface area contributed by atoms with Gasteiger partial charge in [-0.25, -0.2) is 4.57 Å². The zero-order valence-electron chi connectivity index (χ0n) is 15.2. The van der Waals surface area contributed by atoms with Crippen LogP contribution in [0, 0.1) is 0 Å². The Labute approximate surface area is 208 Å². The first-order valence-electron chi connectivity index (χ1n) is 9.76. The third-order valence-corrected chi connectivity index (χ3v) is 4.78. The Kier molecular flexibility index (Phi) is 25.4. The summed E-state index contributed by atoms with van der Waals surface area (Å²) in [6.45, 7) is 2.43. The summed E-state index contributed by atoms with van der Waals surface area (Å²) in [5, 5.41) is 0. The Morgan fingerprint density at radius 2 is 0.917 bits per heavy atom. The molecule has 0 radical (unpaired) electrons. The molecule has 0 unspecified atom stereocenters. The standard InChI is InChI=1S/C18H39O4P.Cs.H/c1-2-3-4-5-6-7-8-9-10-11-12-13-14-15-16-17-18-22-23(19,20)21;;/h2-18H2,1H3,(H2,19,20,21);;. The Morgan fingerprint density at radius 3 is 1.21 bits per heavy atom. The number of hydrogen-bond acceptors (Lipinski definition) is 2. The van der Waals surface area contributed by atoms with Gasteiger partial charge in [-0.05, 0) is 6.42 Å². The van der Waals surface area contributed by atoms with Gasteiger partial charge >= 0.3 is 76.7 Å². The van der Waals surface area contributed by atoms with Gasteiger partial charge in [0.05, 0.1) is 6.61 Å². The molecule has 0 spiro atoms. The van der Waals surface area contributed by atoms with Crippen LogP contribution in [0.5, 0.6) is 0 Å². The van der Waals surface area contributed by atoms with Crippen molar-refractivity contribution < 1.29 is 18.9 Å². The van der Waals surface area contributed by atoms with Crippen molar-refractivity contribution in [3.05, 3.63) is 0 Å². The molecule has 0 rings (SSSR count). The van der Waals surface area contributed by atoms with Crippen molar-refractivity contribution in [3.8, 4) is 0 Å². The Bertz CT molecular complexity index is 284. The summed E-state index contributed by atoms with van der Waals surface area (Å²) in [5.41, 5.74) is 0. The van der Waals surface area contributed by atoms with E-state index in [1.54, 1.807) is 0 Å². The van der Waals surface area contributed by atoms with E-state index in [0.29, 0.717) is 0 Å². The van der Waals surface area contributed by atoms with Crippen molar-refractivity contribution in [3.63, 3.8) is 0 Å². The minimum absolute atomic E-state index is 0. The minimum atomic E-state index is -4.26. The van der Waals surface area contributed by atoms with Crippen LogP contribution in [-0.4, -0.2) is 85.3 Å². The van der Waals surface area contributed by atoms with Crippen LogP contribution in [0.2, 0.25) is 0 Å². The molecule has 0 saturated carbocycles. The fourth-order valence-electron chi connectivity index (χ4n) is 2.83. The van der Waals surface area contributed by atoms with Gasteiger partial charge in [-0.3, -0.25) is 4.52 Å². The van der Waals surface area contributed by atoms with E-state index in [9.17, 15) is 4.57 Å². The van der Waals surface area contributed by atoms with Crippen LogP contribution in [0.1, 0.15) is 110 Å². The van der Waals surface area contributed by atoms with Gasteiger partial charge in [0.1, 0.15) is 0 Å². The van der Waals surface area contributed by atoms with Crippen LogP contribution in [0.25, 0.3) is 0 Å². The van der Waals surface area contributed by atoms with Crippen LogP contribution in [0.3, 0.4) is 0 Å². The summed E-state index contributed by atoms with van der Waals surface area (Å²) in [6.07, 6.45) is 20.7. The van der Waals surface area contributed by atoms with Gasteiger partial charge in [-0.2, -0.15) is 0 Å². The molecule has 0 aliphatic rings. The molecule has 0 aliphatic carbocycles. The molecule has 0 atom stereocenters.